The molecule has 0 atom stereocenters. The lowest BCUT2D eigenvalue weighted by Crippen LogP contribution is -2.10. The van der Waals surface area contributed by atoms with Crippen LogP contribution in [0.2, 0.25) is 0 Å². The molecule has 0 radical (unpaired) electrons. The molecule has 0 bridgehead atoms. The van der Waals surface area contributed by atoms with Crippen LogP contribution in [-0.2, 0) is 0 Å². The third-order valence-electron chi connectivity index (χ3n) is 3.14. The van der Waals surface area contributed by atoms with Crippen LogP contribution in [0.4, 0.5) is 0 Å². The largest absolute Gasteiger partial charge is 0.497 e. The van der Waals surface area contributed by atoms with Gasteiger partial charge in [-0.05, 0) is 42.5 Å². The minimum atomic E-state index is -1.45. The van der Waals surface area contributed by atoms with Gasteiger partial charge >= 0.3 is 11.9 Å². The highest BCUT2D eigenvalue weighted by Crippen LogP contribution is 2.17. The predicted molar refractivity (Wildman–Crippen MR) is 86.1 cm³/mol. The number of carbonyl (C=O) groups is 3. The van der Waals surface area contributed by atoms with Gasteiger partial charge in [-0.2, -0.15) is 0 Å². The number of aromatic carboxylic acids is 2. The highest BCUT2D eigenvalue weighted by Gasteiger charge is 2.18. The molecule has 2 rings (SSSR count). The van der Waals surface area contributed by atoms with Gasteiger partial charge in [-0.15, -0.1) is 0 Å². The van der Waals surface area contributed by atoms with Crippen molar-refractivity contribution in [1.29, 1.82) is 0 Å². The molecule has 0 aliphatic rings. The molecule has 7 nitrogen and oxygen atoms in total. The van der Waals surface area contributed by atoms with Gasteiger partial charge < -0.3 is 19.7 Å². The fourth-order valence-corrected chi connectivity index (χ4v) is 1.90. The fraction of sp³-hybridized carbons (Fsp3) is 0.0556. The van der Waals surface area contributed by atoms with Crippen LogP contribution >= 0.6 is 0 Å². The normalized spacial score (nSPS) is 9.48. The minimum Gasteiger partial charge on any atom is -0.497 e. The van der Waals surface area contributed by atoms with Crippen molar-refractivity contribution in [2.24, 2.45) is 0 Å². The Labute approximate surface area is 142 Å². The molecule has 2 aromatic carbocycles. The number of Topliss-reactive ketones (excluding diaryl/α,β-unsaturated/α-hetero) is 1. The maximum atomic E-state index is 12.0. The van der Waals surface area contributed by atoms with Gasteiger partial charge in [0.2, 0.25) is 5.78 Å². The lowest BCUT2D eigenvalue weighted by molar-refractivity contribution is 0.0651. The van der Waals surface area contributed by atoms with Crippen molar-refractivity contribution in [2.75, 3.05) is 7.11 Å². The Morgan fingerprint density at radius 2 is 1.48 bits per heavy atom. The van der Waals surface area contributed by atoms with Crippen LogP contribution in [0.15, 0.2) is 42.5 Å². The van der Waals surface area contributed by atoms with Crippen LogP contribution in [0.3, 0.4) is 0 Å². The number of hydrogen-bond acceptors (Lipinski definition) is 5. The molecule has 25 heavy (non-hydrogen) atoms. The van der Waals surface area contributed by atoms with E-state index in [-0.39, 0.29) is 5.56 Å². The van der Waals surface area contributed by atoms with Crippen molar-refractivity contribution in [3.8, 4) is 23.5 Å². The summed E-state index contributed by atoms with van der Waals surface area (Å²) in [5, 5.41) is 18.0. The summed E-state index contributed by atoms with van der Waals surface area (Å²) >= 11 is 0. The number of ketones is 1. The van der Waals surface area contributed by atoms with E-state index in [1.54, 1.807) is 24.3 Å². The first-order valence-corrected chi connectivity index (χ1v) is 6.89. The Bertz CT molecular complexity index is 886. The first kappa shape index (κ1) is 17.6. The molecule has 0 amide bonds. The minimum absolute atomic E-state index is 0.0479. The van der Waals surface area contributed by atoms with E-state index in [1.807, 2.05) is 0 Å². The molecule has 2 N–H and O–H groups in total. The van der Waals surface area contributed by atoms with Gasteiger partial charge in [-0.1, -0.05) is 0 Å². The summed E-state index contributed by atoms with van der Waals surface area (Å²) in [7, 11) is 1.52. The molecule has 0 aliphatic heterocycles. The van der Waals surface area contributed by atoms with Crippen molar-refractivity contribution >= 4 is 17.7 Å². The van der Waals surface area contributed by atoms with Crippen LogP contribution in [0, 0.1) is 12.0 Å². The SMILES string of the molecule is COc1ccc(OC#CC(=O)c2ccc(C(=O)O)c(C(=O)O)c2)cc1. The van der Waals surface area contributed by atoms with E-state index in [2.05, 4.69) is 12.0 Å². The average Bonchev–Trinajstić information content (AvgIpc) is 2.61. The summed E-state index contributed by atoms with van der Waals surface area (Å²) in [4.78, 5) is 34.1. The average molecular weight is 340 g/mol. The Morgan fingerprint density at radius 3 is 2.04 bits per heavy atom. The van der Waals surface area contributed by atoms with Gasteiger partial charge in [0.25, 0.3) is 0 Å². The smallest absolute Gasteiger partial charge is 0.336 e. The summed E-state index contributed by atoms with van der Waals surface area (Å²) in [6, 6.07) is 9.72. The molecule has 2 aromatic rings. The van der Waals surface area contributed by atoms with E-state index in [1.165, 1.54) is 13.2 Å². The molecule has 7 heteroatoms. The lowest BCUT2D eigenvalue weighted by Gasteiger charge is -2.03. The zero-order valence-corrected chi connectivity index (χ0v) is 13.0. The molecule has 0 saturated carbocycles. The Hall–Kier alpha value is -3.79. The Balaban J connectivity index is 2.17. The van der Waals surface area contributed by atoms with Crippen LogP contribution in [-0.4, -0.2) is 35.0 Å². The molecule has 126 valence electrons. The first-order chi connectivity index (χ1) is 11.9. The Morgan fingerprint density at radius 1 is 0.880 bits per heavy atom. The molecule has 0 aromatic heterocycles. The fourth-order valence-electron chi connectivity index (χ4n) is 1.90. The third-order valence-corrected chi connectivity index (χ3v) is 3.14. The Kier molecular flexibility index (Phi) is 5.38. The maximum Gasteiger partial charge on any atom is 0.336 e. The van der Waals surface area contributed by atoms with Crippen LogP contribution in [0.25, 0.3) is 0 Å². The third kappa shape index (κ3) is 4.36. The van der Waals surface area contributed by atoms with E-state index in [9.17, 15) is 14.4 Å². The van der Waals surface area contributed by atoms with Gasteiger partial charge in [0.05, 0.1) is 18.2 Å². The van der Waals surface area contributed by atoms with Crippen LogP contribution in [0.5, 0.6) is 11.5 Å². The quantitative estimate of drug-likeness (QED) is 0.635. The molecule has 0 saturated heterocycles. The van der Waals surface area contributed by atoms with E-state index in [4.69, 9.17) is 19.7 Å². The summed E-state index contributed by atoms with van der Waals surface area (Å²) < 4.78 is 10.1. The van der Waals surface area contributed by atoms with Gasteiger partial charge in [0.1, 0.15) is 17.6 Å². The summed E-state index contributed by atoms with van der Waals surface area (Å²) in [6.07, 6.45) is 2.22. The van der Waals surface area contributed by atoms with Crippen molar-refractivity contribution in [1.82, 2.24) is 0 Å². The van der Waals surface area contributed by atoms with Crippen LogP contribution < -0.4 is 9.47 Å². The number of carboxylic acids is 2. The second-order valence-corrected chi connectivity index (χ2v) is 4.70. The number of benzene rings is 2. The number of methoxy groups -OCH3 is 1. The van der Waals surface area contributed by atoms with E-state index >= 15 is 0 Å². The molecule has 0 fully saturated rings. The molecule has 0 aliphatic carbocycles. The summed E-state index contributed by atoms with van der Waals surface area (Å²) in [5.41, 5.74) is -0.948. The molecule has 0 unspecified atom stereocenters. The zero-order chi connectivity index (χ0) is 18.4. The summed E-state index contributed by atoms with van der Waals surface area (Å²) in [6.45, 7) is 0. The van der Waals surface area contributed by atoms with Crippen molar-refractivity contribution in [3.05, 3.63) is 59.2 Å². The predicted octanol–water partition coefficient (Wildman–Crippen LogP) is 2.31. The molecule has 0 heterocycles. The number of carbonyl (C=O) groups excluding carboxylic acids is 1. The highest BCUT2D eigenvalue weighted by molar-refractivity contribution is 6.11. The van der Waals surface area contributed by atoms with E-state index in [0.29, 0.717) is 11.5 Å². The van der Waals surface area contributed by atoms with Gasteiger partial charge in [0, 0.05) is 11.5 Å². The number of ether oxygens (including phenoxy) is 2. The van der Waals surface area contributed by atoms with E-state index < -0.39 is 28.8 Å². The van der Waals surface area contributed by atoms with E-state index in [0.717, 1.165) is 12.1 Å². The van der Waals surface area contributed by atoms with Crippen LogP contribution in [0.1, 0.15) is 31.1 Å². The van der Waals surface area contributed by atoms with Gasteiger partial charge in [0.15, 0.2) is 0 Å². The van der Waals surface area contributed by atoms with Crippen molar-refractivity contribution in [3.63, 3.8) is 0 Å². The summed E-state index contributed by atoms with van der Waals surface area (Å²) in [5.74, 6) is -0.308. The van der Waals surface area contributed by atoms with Crippen molar-refractivity contribution in [2.45, 2.75) is 0 Å². The molecule has 0 spiro atoms. The number of hydrogen-bond donors (Lipinski definition) is 2. The maximum absolute atomic E-state index is 12.0. The lowest BCUT2D eigenvalue weighted by atomic mass is 10.0. The van der Waals surface area contributed by atoms with Crippen molar-refractivity contribution < 1.29 is 34.1 Å². The first-order valence-electron chi connectivity index (χ1n) is 6.89. The molecular formula is C18H12O7. The number of carboxylic acid groups (broad SMARTS) is 2. The topological polar surface area (TPSA) is 110 Å². The van der Waals surface area contributed by atoms with Gasteiger partial charge in [-0.25, -0.2) is 9.59 Å². The van der Waals surface area contributed by atoms with Gasteiger partial charge in [-0.3, -0.25) is 4.79 Å². The standard InChI is InChI=1S/C18H12O7/c1-24-12-3-5-13(6-4-12)25-9-8-16(19)11-2-7-14(17(20)21)15(10-11)18(22)23/h2-7,10H,1H3,(H,20,21)(H,22,23). The number of rotatable bonds is 5. The zero-order valence-electron chi connectivity index (χ0n) is 13.0. The monoisotopic (exact) mass is 340 g/mol. The second-order valence-electron chi connectivity index (χ2n) is 4.70. The molecular weight excluding hydrogens is 328 g/mol. The second kappa shape index (κ2) is 7.66. The highest BCUT2D eigenvalue weighted by atomic mass is 16.5.